The van der Waals surface area contributed by atoms with E-state index < -0.39 is 17.8 Å². The first-order valence-corrected chi connectivity index (χ1v) is 7.42. The predicted molar refractivity (Wildman–Crippen MR) is 87.2 cm³/mol. The first kappa shape index (κ1) is 15.7. The third kappa shape index (κ3) is 2.96. The molecule has 5 heteroatoms. The van der Waals surface area contributed by atoms with Crippen LogP contribution < -0.4 is 0 Å². The van der Waals surface area contributed by atoms with E-state index >= 15 is 0 Å². The van der Waals surface area contributed by atoms with Crippen molar-refractivity contribution in [1.29, 1.82) is 0 Å². The van der Waals surface area contributed by atoms with Crippen molar-refractivity contribution in [2.75, 3.05) is 6.54 Å². The standard InChI is InChI=1S/C19H15NO4/c1-13(19(23)24-12-14-7-3-2-4-8-14)11-20-17(21)15-9-5-6-10-16(15)18(20)22/h2-10H,1,11-12H2. The molecule has 0 saturated carbocycles. The lowest BCUT2D eigenvalue weighted by molar-refractivity contribution is -0.140. The highest BCUT2D eigenvalue weighted by Crippen LogP contribution is 2.23. The summed E-state index contributed by atoms with van der Waals surface area (Å²) in [4.78, 5) is 37.5. The Kier molecular flexibility index (Phi) is 4.24. The molecule has 0 atom stereocenters. The Hall–Kier alpha value is -3.21. The van der Waals surface area contributed by atoms with E-state index in [4.69, 9.17) is 4.74 Å². The van der Waals surface area contributed by atoms with Gasteiger partial charge in [0.15, 0.2) is 0 Å². The van der Waals surface area contributed by atoms with Crippen molar-refractivity contribution in [3.8, 4) is 0 Å². The highest BCUT2D eigenvalue weighted by atomic mass is 16.5. The Morgan fingerprint density at radius 2 is 1.46 bits per heavy atom. The van der Waals surface area contributed by atoms with Crippen molar-refractivity contribution >= 4 is 17.8 Å². The number of ether oxygens (including phenoxy) is 1. The van der Waals surface area contributed by atoms with Crippen LogP contribution in [0.25, 0.3) is 0 Å². The number of esters is 1. The molecule has 2 aromatic carbocycles. The van der Waals surface area contributed by atoms with E-state index in [0.29, 0.717) is 11.1 Å². The molecule has 0 N–H and O–H groups in total. The SMILES string of the molecule is C=C(CN1C(=O)c2ccccc2C1=O)C(=O)OCc1ccccc1. The van der Waals surface area contributed by atoms with Gasteiger partial charge < -0.3 is 4.74 Å². The molecular formula is C19H15NO4. The molecule has 0 unspecified atom stereocenters. The molecule has 5 nitrogen and oxygen atoms in total. The third-order valence-corrected chi connectivity index (χ3v) is 3.73. The largest absolute Gasteiger partial charge is 0.457 e. The third-order valence-electron chi connectivity index (χ3n) is 3.73. The van der Waals surface area contributed by atoms with Crippen LogP contribution in [0.2, 0.25) is 0 Å². The van der Waals surface area contributed by atoms with Gasteiger partial charge in [-0.05, 0) is 17.7 Å². The van der Waals surface area contributed by atoms with E-state index in [-0.39, 0.29) is 18.7 Å². The maximum absolute atomic E-state index is 12.3. The average molecular weight is 321 g/mol. The zero-order valence-corrected chi connectivity index (χ0v) is 12.9. The lowest BCUT2D eigenvalue weighted by Gasteiger charge is -2.15. The molecule has 1 heterocycles. The summed E-state index contributed by atoms with van der Waals surface area (Å²) in [6.07, 6.45) is 0. The normalized spacial score (nSPS) is 12.9. The summed E-state index contributed by atoms with van der Waals surface area (Å²) in [6.45, 7) is 3.57. The van der Waals surface area contributed by atoms with Gasteiger partial charge in [0.25, 0.3) is 11.8 Å². The number of hydrogen-bond acceptors (Lipinski definition) is 4. The van der Waals surface area contributed by atoms with E-state index in [9.17, 15) is 14.4 Å². The Morgan fingerprint density at radius 3 is 2.04 bits per heavy atom. The average Bonchev–Trinajstić information content (AvgIpc) is 2.86. The minimum atomic E-state index is -0.629. The van der Waals surface area contributed by atoms with Crippen LogP contribution >= 0.6 is 0 Å². The van der Waals surface area contributed by atoms with Gasteiger partial charge in [-0.3, -0.25) is 14.5 Å². The van der Waals surface area contributed by atoms with Crippen molar-refractivity contribution in [2.24, 2.45) is 0 Å². The van der Waals surface area contributed by atoms with Crippen LogP contribution in [0.4, 0.5) is 0 Å². The van der Waals surface area contributed by atoms with Crippen molar-refractivity contribution in [1.82, 2.24) is 4.90 Å². The number of imide groups is 1. The van der Waals surface area contributed by atoms with Gasteiger partial charge in [-0.1, -0.05) is 49.0 Å². The quantitative estimate of drug-likeness (QED) is 0.482. The molecule has 0 spiro atoms. The number of nitrogens with zero attached hydrogens (tertiary/aromatic N) is 1. The molecule has 0 bridgehead atoms. The van der Waals surface area contributed by atoms with Crippen LogP contribution in [-0.4, -0.2) is 29.2 Å². The summed E-state index contributed by atoms with van der Waals surface area (Å²) in [5.41, 5.74) is 1.58. The van der Waals surface area contributed by atoms with Crippen LogP contribution in [0.1, 0.15) is 26.3 Å². The smallest absolute Gasteiger partial charge is 0.335 e. The predicted octanol–water partition coefficient (Wildman–Crippen LogP) is 2.58. The fourth-order valence-electron chi connectivity index (χ4n) is 2.46. The number of benzene rings is 2. The lowest BCUT2D eigenvalue weighted by atomic mass is 10.1. The molecule has 1 aliphatic heterocycles. The summed E-state index contributed by atoms with van der Waals surface area (Å²) >= 11 is 0. The molecule has 1 aliphatic rings. The highest BCUT2D eigenvalue weighted by molar-refractivity contribution is 6.21. The van der Waals surface area contributed by atoms with Gasteiger partial charge in [0.1, 0.15) is 6.61 Å². The fraction of sp³-hybridized carbons (Fsp3) is 0.105. The first-order valence-electron chi connectivity index (χ1n) is 7.42. The van der Waals surface area contributed by atoms with Gasteiger partial charge in [-0.2, -0.15) is 0 Å². The molecular weight excluding hydrogens is 306 g/mol. The molecule has 0 aromatic heterocycles. The van der Waals surface area contributed by atoms with Crippen molar-refractivity contribution in [3.05, 3.63) is 83.4 Å². The van der Waals surface area contributed by atoms with E-state index in [1.54, 1.807) is 24.3 Å². The van der Waals surface area contributed by atoms with Crippen LogP contribution in [-0.2, 0) is 16.1 Å². The van der Waals surface area contributed by atoms with Gasteiger partial charge >= 0.3 is 5.97 Å². The molecule has 0 fully saturated rings. The molecule has 0 radical (unpaired) electrons. The Labute approximate surface area is 139 Å². The molecule has 0 saturated heterocycles. The van der Waals surface area contributed by atoms with E-state index in [1.807, 2.05) is 30.3 Å². The van der Waals surface area contributed by atoms with Gasteiger partial charge in [-0.15, -0.1) is 0 Å². The molecule has 0 aliphatic carbocycles. The maximum Gasteiger partial charge on any atom is 0.335 e. The number of fused-ring (bicyclic) bond motifs is 1. The minimum absolute atomic E-state index is 0.0560. The summed E-state index contributed by atoms with van der Waals surface area (Å²) in [6, 6.07) is 15.8. The topological polar surface area (TPSA) is 63.7 Å². The lowest BCUT2D eigenvalue weighted by Crippen LogP contribution is -2.33. The van der Waals surface area contributed by atoms with Crippen LogP contribution in [0.5, 0.6) is 0 Å². The monoisotopic (exact) mass is 321 g/mol. The Bertz CT molecular complexity index is 791. The summed E-state index contributed by atoms with van der Waals surface area (Å²) in [7, 11) is 0. The summed E-state index contributed by atoms with van der Waals surface area (Å²) in [5, 5.41) is 0. The van der Waals surface area contributed by atoms with Crippen LogP contribution in [0.3, 0.4) is 0 Å². The second kappa shape index (κ2) is 6.50. The van der Waals surface area contributed by atoms with E-state index in [0.717, 1.165) is 10.5 Å². The van der Waals surface area contributed by atoms with Crippen molar-refractivity contribution in [2.45, 2.75) is 6.61 Å². The number of hydrogen-bond donors (Lipinski definition) is 0. The first-order chi connectivity index (χ1) is 11.6. The Morgan fingerprint density at radius 1 is 0.917 bits per heavy atom. The minimum Gasteiger partial charge on any atom is -0.457 e. The number of carbonyl (C=O) groups is 3. The molecule has 24 heavy (non-hydrogen) atoms. The summed E-state index contributed by atoms with van der Waals surface area (Å²) in [5.74, 6) is -1.48. The number of rotatable bonds is 5. The van der Waals surface area contributed by atoms with E-state index in [2.05, 4.69) is 6.58 Å². The number of amides is 2. The second-order valence-corrected chi connectivity index (χ2v) is 5.41. The maximum atomic E-state index is 12.3. The zero-order valence-electron chi connectivity index (χ0n) is 12.9. The van der Waals surface area contributed by atoms with Gasteiger partial charge in [0.2, 0.25) is 0 Å². The van der Waals surface area contributed by atoms with Gasteiger partial charge in [0.05, 0.1) is 17.7 Å². The Balaban J connectivity index is 1.62. The molecule has 3 rings (SSSR count). The number of carbonyl (C=O) groups excluding carboxylic acids is 3. The van der Waals surface area contributed by atoms with Crippen molar-refractivity contribution in [3.63, 3.8) is 0 Å². The van der Waals surface area contributed by atoms with Crippen molar-refractivity contribution < 1.29 is 19.1 Å². The van der Waals surface area contributed by atoms with Crippen LogP contribution in [0.15, 0.2) is 66.7 Å². The fourth-order valence-corrected chi connectivity index (χ4v) is 2.46. The van der Waals surface area contributed by atoms with E-state index in [1.165, 1.54) is 0 Å². The summed E-state index contributed by atoms with van der Waals surface area (Å²) < 4.78 is 5.16. The molecule has 2 amide bonds. The molecule has 120 valence electrons. The zero-order chi connectivity index (χ0) is 17.1. The van der Waals surface area contributed by atoms with Gasteiger partial charge in [-0.25, -0.2) is 4.79 Å². The molecule has 2 aromatic rings. The highest BCUT2D eigenvalue weighted by Gasteiger charge is 2.36. The second-order valence-electron chi connectivity index (χ2n) is 5.41. The van der Waals surface area contributed by atoms with Gasteiger partial charge in [0, 0.05) is 5.57 Å². The van der Waals surface area contributed by atoms with Crippen LogP contribution in [0, 0.1) is 0 Å².